The summed E-state index contributed by atoms with van der Waals surface area (Å²) in [7, 11) is 0. The third-order valence-corrected chi connectivity index (χ3v) is 2.54. The van der Waals surface area contributed by atoms with Crippen molar-refractivity contribution in [1.29, 1.82) is 0 Å². The molecule has 0 bridgehead atoms. The van der Waals surface area contributed by atoms with E-state index in [-0.39, 0.29) is 17.4 Å². The van der Waals surface area contributed by atoms with E-state index in [1.807, 2.05) is 0 Å². The summed E-state index contributed by atoms with van der Waals surface area (Å²) in [4.78, 5) is 9.72. The van der Waals surface area contributed by atoms with Gasteiger partial charge in [0.15, 0.2) is 0 Å². The van der Waals surface area contributed by atoms with Crippen LogP contribution in [0.15, 0.2) is 11.4 Å². The lowest BCUT2D eigenvalue weighted by molar-refractivity contribution is -0.380. The molecule has 1 heterocycles. The first-order chi connectivity index (χ1) is 6.50. The summed E-state index contributed by atoms with van der Waals surface area (Å²) >= 11 is 0.889. The Hall–Kier alpha value is -0.790. The third-order valence-electron chi connectivity index (χ3n) is 1.65. The van der Waals surface area contributed by atoms with Gasteiger partial charge in [-0.05, 0) is 5.56 Å². The predicted molar refractivity (Wildman–Crippen MR) is 55.8 cm³/mol. The van der Waals surface area contributed by atoms with Crippen molar-refractivity contribution in [2.45, 2.75) is 18.9 Å². The standard InChI is InChI=1S/C7H8F2N2O2S.ClH/c8-6(9)2-5(10)4-1-7(11(12)13)14-3-4;/h1,3,5-6H,2,10H2;1H/t5-;/m0./s1. The highest BCUT2D eigenvalue weighted by molar-refractivity contribution is 7.13. The van der Waals surface area contributed by atoms with Crippen molar-refractivity contribution in [2.24, 2.45) is 5.73 Å². The maximum Gasteiger partial charge on any atom is 0.324 e. The molecule has 0 aliphatic heterocycles. The van der Waals surface area contributed by atoms with Gasteiger partial charge >= 0.3 is 5.00 Å². The topological polar surface area (TPSA) is 69.2 Å². The molecule has 0 saturated heterocycles. The molecule has 86 valence electrons. The highest BCUT2D eigenvalue weighted by Gasteiger charge is 2.17. The van der Waals surface area contributed by atoms with Crippen LogP contribution in [0.2, 0.25) is 0 Å². The van der Waals surface area contributed by atoms with Gasteiger partial charge in [0.2, 0.25) is 6.43 Å². The number of nitrogens with zero attached hydrogens (tertiary/aromatic N) is 1. The molecule has 0 aromatic carbocycles. The molecular weight excluding hydrogens is 250 g/mol. The highest BCUT2D eigenvalue weighted by Crippen LogP contribution is 2.28. The first-order valence-electron chi connectivity index (χ1n) is 3.77. The average molecular weight is 259 g/mol. The zero-order valence-corrected chi connectivity index (χ0v) is 9.06. The van der Waals surface area contributed by atoms with Gasteiger partial charge in [-0.25, -0.2) is 8.78 Å². The van der Waals surface area contributed by atoms with Crippen LogP contribution >= 0.6 is 23.7 Å². The van der Waals surface area contributed by atoms with Crippen LogP contribution in [0.3, 0.4) is 0 Å². The van der Waals surface area contributed by atoms with Crippen LogP contribution in [-0.4, -0.2) is 11.3 Å². The molecular formula is C7H9ClF2N2O2S. The Morgan fingerprint density at radius 3 is 2.60 bits per heavy atom. The lowest BCUT2D eigenvalue weighted by Crippen LogP contribution is -2.12. The summed E-state index contributed by atoms with van der Waals surface area (Å²) < 4.78 is 23.9. The van der Waals surface area contributed by atoms with Crippen LogP contribution in [-0.2, 0) is 0 Å². The van der Waals surface area contributed by atoms with Gasteiger partial charge in [-0.1, -0.05) is 11.3 Å². The van der Waals surface area contributed by atoms with Crippen LogP contribution in [0.25, 0.3) is 0 Å². The Kier molecular flexibility index (Phi) is 5.63. The second kappa shape index (κ2) is 5.94. The van der Waals surface area contributed by atoms with Crippen molar-refractivity contribution in [3.05, 3.63) is 27.1 Å². The summed E-state index contributed by atoms with van der Waals surface area (Å²) in [5.41, 5.74) is 5.80. The van der Waals surface area contributed by atoms with Gasteiger partial charge in [0, 0.05) is 23.9 Å². The van der Waals surface area contributed by atoms with E-state index in [1.54, 1.807) is 0 Å². The maximum absolute atomic E-state index is 11.9. The first-order valence-corrected chi connectivity index (χ1v) is 4.65. The fourth-order valence-corrected chi connectivity index (χ4v) is 1.75. The minimum Gasteiger partial charge on any atom is -0.324 e. The Bertz CT molecular complexity index is 335. The van der Waals surface area contributed by atoms with Crippen LogP contribution in [0.5, 0.6) is 0 Å². The van der Waals surface area contributed by atoms with E-state index in [9.17, 15) is 18.9 Å². The largest absolute Gasteiger partial charge is 0.324 e. The summed E-state index contributed by atoms with van der Waals surface area (Å²) in [6, 6.07) is 0.400. The molecule has 1 rings (SSSR count). The minimum absolute atomic E-state index is 0. The molecule has 15 heavy (non-hydrogen) atoms. The fourth-order valence-electron chi connectivity index (χ4n) is 0.957. The average Bonchev–Trinajstić information content (AvgIpc) is 2.50. The molecule has 0 spiro atoms. The molecule has 1 aromatic heterocycles. The molecule has 8 heteroatoms. The Morgan fingerprint density at radius 2 is 2.20 bits per heavy atom. The van der Waals surface area contributed by atoms with Crippen molar-refractivity contribution in [1.82, 2.24) is 0 Å². The molecule has 1 atom stereocenters. The molecule has 0 saturated carbocycles. The van der Waals surface area contributed by atoms with E-state index in [4.69, 9.17) is 5.73 Å². The summed E-state index contributed by atoms with van der Waals surface area (Å²) in [6.07, 6.45) is -2.97. The number of nitrogens with two attached hydrogens (primary N) is 1. The van der Waals surface area contributed by atoms with Crippen molar-refractivity contribution < 1.29 is 13.7 Å². The zero-order chi connectivity index (χ0) is 10.7. The van der Waals surface area contributed by atoms with Crippen LogP contribution < -0.4 is 5.73 Å². The van der Waals surface area contributed by atoms with Gasteiger partial charge < -0.3 is 5.73 Å². The Labute approximate surface area is 94.6 Å². The van der Waals surface area contributed by atoms with Gasteiger partial charge in [-0.3, -0.25) is 10.1 Å². The molecule has 0 amide bonds. The normalized spacial score (nSPS) is 12.3. The third kappa shape index (κ3) is 4.06. The number of halogens is 3. The molecule has 4 nitrogen and oxygen atoms in total. The second-order valence-electron chi connectivity index (χ2n) is 2.71. The van der Waals surface area contributed by atoms with E-state index in [0.717, 1.165) is 11.3 Å². The molecule has 0 unspecified atom stereocenters. The second-order valence-corrected chi connectivity index (χ2v) is 3.60. The minimum atomic E-state index is -2.50. The van der Waals surface area contributed by atoms with Crippen molar-refractivity contribution in [3.8, 4) is 0 Å². The summed E-state index contributed by atoms with van der Waals surface area (Å²) in [5.74, 6) is 0. The summed E-state index contributed by atoms with van der Waals surface area (Å²) in [6.45, 7) is 0. The molecule has 1 aromatic rings. The number of hydrogen-bond donors (Lipinski definition) is 1. The van der Waals surface area contributed by atoms with Crippen LogP contribution in [0, 0.1) is 10.1 Å². The van der Waals surface area contributed by atoms with Crippen LogP contribution in [0.1, 0.15) is 18.0 Å². The van der Waals surface area contributed by atoms with Crippen molar-refractivity contribution >= 4 is 28.7 Å². The Morgan fingerprint density at radius 1 is 1.60 bits per heavy atom. The van der Waals surface area contributed by atoms with Crippen molar-refractivity contribution in [2.75, 3.05) is 0 Å². The van der Waals surface area contributed by atoms with Gasteiger partial charge in [0.1, 0.15) is 0 Å². The van der Waals surface area contributed by atoms with Gasteiger partial charge in [-0.2, -0.15) is 0 Å². The lowest BCUT2D eigenvalue weighted by Gasteiger charge is -2.07. The van der Waals surface area contributed by atoms with Gasteiger partial charge in [-0.15, -0.1) is 12.4 Å². The van der Waals surface area contributed by atoms with Gasteiger partial charge in [0.05, 0.1) is 4.92 Å². The molecule has 0 fully saturated rings. The molecule has 0 radical (unpaired) electrons. The van der Waals surface area contributed by atoms with Crippen molar-refractivity contribution in [3.63, 3.8) is 0 Å². The van der Waals surface area contributed by atoms with E-state index >= 15 is 0 Å². The monoisotopic (exact) mass is 258 g/mol. The first kappa shape index (κ1) is 14.2. The van der Waals surface area contributed by atoms with E-state index in [2.05, 4.69) is 0 Å². The lowest BCUT2D eigenvalue weighted by atomic mass is 10.1. The van der Waals surface area contributed by atoms with Crippen LogP contribution in [0.4, 0.5) is 13.8 Å². The van der Waals surface area contributed by atoms with Gasteiger partial charge in [0.25, 0.3) is 0 Å². The Balaban J connectivity index is 0.00000196. The molecule has 2 N–H and O–H groups in total. The highest BCUT2D eigenvalue weighted by atomic mass is 35.5. The number of rotatable bonds is 4. The van der Waals surface area contributed by atoms with E-state index in [0.29, 0.717) is 5.56 Å². The number of thiophene rings is 1. The van der Waals surface area contributed by atoms with E-state index < -0.39 is 23.8 Å². The smallest absolute Gasteiger partial charge is 0.324 e. The number of alkyl halides is 2. The SMILES string of the molecule is Cl.N[C@@H](CC(F)F)c1csc([N+](=O)[O-])c1. The maximum atomic E-state index is 11.9. The summed E-state index contributed by atoms with van der Waals surface area (Å²) in [5, 5.41) is 11.6. The molecule has 0 aliphatic rings. The quantitative estimate of drug-likeness (QED) is 0.667. The predicted octanol–water partition coefficient (Wildman–Crippen LogP) is 2.73. The number of nitro groups is 1. The fraction of sp³-hybridized carbons (Fsp3) is 0.429. The molecule has 0 aliphatic carbocycles. The number of hydrogen-bond acceptors (Lipinski definition) is 4. The van der Waals surface area contributed by atoms with E-state index in [1.165, 1.54) is 11.4 Å². The zero-order valence-electron chi connectivity index (χ0n) is 7.43.